The van der Waals surface area contributed by atoms with E-state index in [1.165, 1.54) is 6.07 Å². The first-order valence-electron chi connectivity index (χ1n) is 5.33. The van der Waals surface area contributed by atoms with E-state index in [0.717, 1.165) is 5.56 Å². The molecule has 0 bridgehead atoms. The Morgan fingerprint density at radius 1 is 1.35 bits per heavy atom. The molecule has 4 nitrogen and oxygen atoms in total. The molecule has 90 valence electrons. The molecule has 0 aliphatic heterocycles. The molecule has 5 heteroatoms. The third-order valence-electron chi connectivity index (χ3n) is 2.78. The molecule has 1 aliphatic carbocycles. The Morgan fingerprint density at radius 3 is 2.47 bits per heavy atom. The van der Waals surface area contributed by atoms with Crippen molar-refractivity contribution >= 4 is 10.1 Å². The summed E-state index contributed by atoms with van der Waals surface area (Å²) in [6.45, 7) is 3.61. The Balaban J connectivity index is 2.36. The minimum Gasteiger partial charge on any atom is -0.244 e. The van der Waals surface area contributed by atoms with Gasteiger partial charge in [-0.05, 0) is 38.3 Å². The first kappa shape index (κ1) is 12.1. The summed E-state index contributed by atoms with van der Waals surface area (Å²) in [4.78, 5) is 0.143. The Hall–Kier alpha value is -1.38. The van der Waals surface area contributed by atoms with Crippen LogP contribution in [0.15, 0.2) is 23.1 Å². The molecule has 0 radical (unpaired) electrons. The SMILES string of the molecule is Cc1ccc(S(=O)(=O)OC2(C#N)CC2)c(C)c1. The van der Waals surface area contributed by atoms with Crippen molar-refractivity contribution in [1.82, 2.24) is 0 Å². The van der Waals surface area contributed by atoms with E-state index in [0.29, 0.717) is 18.4 Å². The van der Waals surface area contributed by atoms with Crippen molar-refractivity contribution in [1.29, 1.82) is 5.26 Å². The lowest BCUT2D eigenvalue weighted by Gasteiger charge is -2.11. The van der Waals surface area contributed by atoms with Crippen molar-refractivity contribution in [3.05, 3.63) is 29.3 Å². The van der Waals surface area contributed by atoms with Crippen molar-refractivity contribution in [2.45, 2.75) is 37.2 Å². The van der Waals surface area contributed by atoms with Gasteiger partial charge < -0.3 is 0 Å². The Bertz CT molecular complexity index is 595. The molecule has 1 saturated carbocycles. The van der Waals surface area contributed by atoms with Crippen molar-refractivity contribution in [3.63, 3.8) is 0 Å². The van der Waals surface area contributed by atoms with E-state index in [1.54, 1.807) is 19.1 Å². The highest BCUT2D eigenvalue weighted by Gasteiger charge is 2.49. The van der Waals surface area contributed by atoms with Gasteiger partial charge in [0.05, 0.1) is 11.0 Å². The Kier molecular flexibility index (Phi) is 2.72. The second-order valence-corrected chi connectivity index (χ2v) is 5.93. The van der Waals surface area contributed by atoms with Crippen LogP contribution in [0.2, 0.25) is 0 Å². The molecule has 0 N–H and O–H groups in total. The van der Waals surface area contributed by atoms with Crippen LogP contribution in [0.5, 0.6) is 0 Å². The second-order valence-electron chi connectivity index (χ2n) is 4.41. The molecule has 17 heavy (non-hydrogen) atoms. The summed E-state index contributed by atoms with van der Waals surface area (Å²) in [6, 6.07) is 6.93. The second kappa shape index (κ2) is 3.83. The highest BCUT2D eigenvalue weighted by Crippen LogP contribution is 2.41. The minimum absolute atomic E-state index is 0.143. The van der Waals surface area contributed by atoms with E-state index in [1.807, 2.05) is 13.0 Å². The van der Waals surface area contributed by atoms with Crippen LogP contribution in [0, 0.1) is 25.2 Å². The van der Waals surface area contributed by atoms with E-state index in [2.05, 4.69) is 0 Å². The van der Waals surface area contributed by atoms with Crippen LogP contribution in [0.3, 0.4) is 0 Å². The fourth-order valence-electron chi connectivity index (χ4n) is 1.66. The van der Waals surface area contributed by atoms with Gasteiger partial charge in [0.1, 0.15) is 0 Å². The van der Waals surface area contributed by atoms with Gasteiger partial charge in [-0.2, -0.15) is 13.7 Å². The summed E-state index contributed by atoms with van der Waals surface area (Å²) >= 11 is 0. The van der Waals surface area contributed by atoms with Crippen LogP contribution in [-0.4, -0.2) is 14.0 Å². The number of hydrogen-bond donors (Lipinski definition) is 0. The zero-order chi connectivity index (χ0) is 12.7. The van der Waals surface area contributed by atoms with Crippen LogP contribution in [0.1, 0.15) is 24.0 Å². The number of hydrogen-bond acceptors (Lipinski definition) is 4. The van der Waals surface area contributed by atoms with Gasteiger partial charge in [0.2, 0.25) is 0 Å². The van der Waals surface area contributed by atoms with Crippen LogP contribution < -0.4 is 0 Å². The van der Waals surface area contributed by atoms with Gasteiger partial charge in [0, 0.05) is 0 Å². The fourth-order valence-corrected chi connectivity index (χ4v) is 3.06. The highest BCUT2D eigenvalue weighted by atomic mass is 32.2. The van der Waals surface area contributed by atoms with E-state index in [4.69, 9.17) is 9.44 Å². The molecule has 1 aliphatic rings. The van der Waals surface area contributed by atoms with E-state index < -0.39 is 15.7 Å². The van der Waals surface area contributed by atoms with E-state index in [9.17, 15) is 8.42 Å². The van der Waals surface area contributed by atoms with Crippen LogP contribution in [0.25, 0.3) is 0 Å². The standard InChI is InChI=1S/C12H13NO3S/c1-9-3-4-11(10(2)7-9)17(14,15)16-12(8-13)5-6-12/h3-4,7H,5-6H2,1-2H3. The fraction of sp³-hybridized carbons (Fsp3) is 0.417. The quantitative estimate of drug-likeness (QED) is 0.771. The maximum Gasteiger partial charge on any atom is 0.298 e. The highest BCUT2D eigenvalue weighted by molar-refractivity contribution is 7.86. The molecular weight excluding hydrogens is 238 g/mol. The molecule has 0 aromatic heterocycles. The van der Waals surface area contributed by atoms with Gasteiger partial charge in [-0.3, -0.25) is 0 Å². The first-order valence-corrected chi connectivity index (χ1v) is 6.74. The van der Waals surface area contributed by atoms with E-state index >= 15 is 0 Å². The number of nitrogens with zero attached hydrogens (tertiary/aromatic N) is 1. The number of aryl methyl sites for hydroxylation is 2. The van der Waals surface area contributed by atoms with Gasteiger partial charge in [-0.25, -0.2) is 4.18 Å². The van der Waals surface area contributed by atoms with Crippen LogP contribution in [0.4, 0.5) is 0 Å². The molecule has 0 atom stereocenters. The predicted molar refractivity (Wildman–Crippen MR) is 61.8 cm³/mol. The van der Waals surface area contributed by atoms with Crippen LogP contribution in [-0.2, 0) is 14.3 Å². The zero-order valence-electron chi connectivity index (χ0n) is 9.73. The minimum atomic E-state index is -3.84. The summed E-state index contributed by atoms with van der Waals surface area (Å²) in [7, 11) is -3.84. The summed E-state index contributed by atoms with van der Waals surface area (Å²) in [6.07, 6.45) is 0.960. The van der Waals surface area contributed by atoms with Gasteiger partial charge in [0.25, 0.3) is 10.1 Å². The molecule has 0 saturated heterocycles. The summed E-state index contributed by atoms with van der Waals surface area (Å²) in [5.74, 6) is 0. The molecule has 1 aromatic rings. The van der Waals surface area contributed by atoms with Gasteiger partial charge in [0.15, 0.2) is 5.60 Å². The number of rotatable bonds is 3. The summed E-state index contributed by atoms with van der Waals surface area (Å²) in [5, 5.41) is 8.84. The molecule has 0 unspecified atom stereocenters. The average Bonchev–Trinajstić information content (AvgIpc) is 2.97. The van der Waals surface area contributed by atoms with Crippen molar-refractivity contribution < 1.29 is 12.6 Å². The topological polar surface area (TPSA) is 67.2 Å². The van der Waals surface area contributed by atoms with Crippen molar-refractivity contribution in [2.75, 3.05) is 0 Å². The lowest BCUT2D eigenvalue weighted by atomic mass is 10.2. The normalized spacial score (nSPS) is 17.5. The third-order valence-corrected chi connectivity index (χ3v) is 4.31. The Labute approximate surface area is 101 Å². The zero-order valence-corrected chi connectivity index (χ0v) is 10.5. The summed E-state index contributed by atoms with van der Waals surface area (Å²) < 4.78 is 29.0. The maximum atomic E-state index is 12.0. The Morgan fingerprint density at radius 2 is 2.00 bits per heavy atom. The number of nitriles is 1. The molecule has 0 spiro atoms. The third kappa shape index (κ3) is 2.33. The van der Waals surface area contributed by atoms with Gasteiger partial charge in [-0.1, -0.05) is 17.7 Å². The molecule has 1 fully saturated rings. The molecule has 0 heterocycles. The van der Waals surface area contributed by atoms with Crippen LogP contribution >= 0.6 is 0 Å². The molecular formula is C12H13NO3S. The number of benzene rings is 1. The molecule has 0 amide bonds. The smallest absolute Gasteiger partial charge is 0.244 e. The van der Waals surface area contributed by atoms with E-state index in [-0.39, 0.29) is 4.90 Å². The predicted octanol–water partition coefficient (Wildman–Crippen LogP) is 2.06. The first-order chi connectivity index (χ1) is 7.88. The molecule has 1 aromatic carbocycles. The van der Waals surface area contributed by atoms with Gasteiger partial charge >= 0.3 is 0 Å². The van der Waals surface area contributed by atoms with Gasteiger partial charge in [-0.15, -0.1) is 0 Å². The molecule has 2 rings (SSSR count). The summed E-state index contributed by atoms with van der Waals surface area (Å²) in [5.41, 5.74) is 0.512. The maximum absolute atomic E-state index is 12.0. The van der Waals surface area contributed by atoms with Crippen molar-refractivity contribution in [2.24, 2.45) is 0 Å². The largest absolute Gasteiger partial charge is 0.298 e. The average molecular weight is 251 g/mol. The lowest BCUT2D eigenvalue weighted by molar-refractivity contribution is 0.244. The monoisotopic (exact) mass is 251 g/mol. The van der Waals surface area contributed by atoms with Crippen molar-refractivity contribution in [3.8, 4) is 6.07 Å². The lowest BCUT2D eigenvalue weighted by Crippen LogP contribution is -2.18.